The van der Waals surface area contributed by atoms with E-state index >= 15 is 0 Å². The fraction of sp³-hybridized carbons (Fsp3) is 0.147. The number of hydrogen-bond donors (Lipinski definition) is 1. The van der Waals surface area contributed by atoms with E-state index in [1.807, 2.05) is 47.2 Å². The van der Waals surface area contributed by atoms with Gasteiger partial charge in [0.1, 0.15) is 11.6 Å². The van der Waals surface area contributed by atoms with Crippen molar-refractivity contribution in [3.05, 3.63) is 114 Å². The Bertz CT molecular complexity index is 2130. The van der Waals surface area contributed by atoms with E-state index in [9.17, 15) is 9.90 Å². The summed E-state index contributed by atoms with van der Waals surface area (Å²) in [6, 6.07) is 28.1. The molecule has 7 heteroatoms. The molecular formula is C34H29N5O2. The second-order valence-corrected chi connectivity index (χ2v) is 10.5. The van der Waals surface area contributed by atoms with Crippen molar-refractivity contribution >= 4 is 38.9 Å². The maximum Gasteiger partial charge on any atom is 0.337 e. The van der Waals surface area contributed by atoms with E-state index in [0.717, 1.165) is 67.7 Å². The Morgan fingerprint density at radius 3 is 2.49 bits per heavy atom. The molecule has 0 amide bonds. The van der Waals surface area contributed by atoms with E-state index in [-0.39, 0.29) is 5.56 Å². The van der Waals surface area contributed by atoms with Crippen LogP contribution in [0.1, 0.15) is 34.2 Å². The van der Waals surface area contributed by atoms with Crippen LogP contribution in [0.3, 0.4) is 0 Å². The smallest absolute Gasteiger partial charge is 0.337 e. The van der Waals surface area contributed by atoms with Crippen molar-refractivity contribution in [3.8, 4) is 17.1 Å². The second kappa shape index (κ2) is 9.48. The Balaban J connectivity index is 1.31. The summed E-state index contributed by atoms with van der Waals surface area (Å²) in [5.41, 5.74) is 9.45. The number of nitrogens with zero attached hydrogens (tertiary/aromatic N) is 5. The number of aromatic carboxylic acids is 1. The molecule has 0 atom stereocenters. The molecule has 0 saturated heterocycles. The number of aryl methyl sites for hydroxylation is 3. The molecule has 0 unspecified atom stereocenters. The van der Waals surface area contributed by atoms with Crippen molar-refractivity contribution in [3.63, 3.8) is 0 Å². The molecule has 3 aromatic heterocycles. The minimum absolute atomic E-state index is 0.276. The van der Waals surface area contributed by atoms with Gasteiger partial charge in [-0.1, -0.05) is 37.3 Å². The van der Waals surface area contributed by atoms with Crippen LogP contribution >= 0.6 is 0 Å². The van der Waals surface area contributed by atoms with E-state index in [2.05, 4.69) is 66.4 Å². The number of carboxylic acid groups (broad SMARTS) is 1. The van der Waals surface area contributed by atoms with Crippen molar-refractivity contribution in [2.75, 3.05) is 0 Å². The zero-order valence-corrected chi connectivity index (χ0v) is 23.2. The number of rotatable bonds is 6. The van der Waals surface area contributed by atoms with Gasteiger partial charge in [0.2, 0.25) is 0 Å². The molecule has 7 rings (SSSR count). The molecule has 3 heterocycles. The van der Waals surface area contributed by atoms with Crippen LogP contribution in [-0.4, -0.2) is 34.7 Å². The molecule has 0 bridgehead atoms. The van der Waals surface area contributed by atoms with Crippen molar-refractivity contribution in [1.29, 1.82) is 0 Å². The van der Waals surface area contributed by atoms with Gasteiger partial charge in [-0.3, -0.25) is 0 Å². The first kappa shape index (κ1) is 24.8. The van der Waals surface area contributed by atoms with Crippen molar-refractivity contribution in [2.45, 2.75) is 26.8 Å². The predicted octanol–water partition coefficient (Wildman–Crippen LogP) is 7.15. The zero-order valence-electron chi connectivity index (χ0n) is 23.2. The van der Waals surface area contributed by atoms with Crippen molar-refractivity contribution < 1.29 is 9.90 Å². The van der Waals surface area contributed by atoms with Gasteiger partial charge in [-0.15, -0.1) is 0 Å². The molecule has 0 aliphatic heterocycles. The summed E-state index contributed by atoms with van der Waals surface area (Å²) in [5, 5.41) is 10.8. The minimum atomic E-state index is -0.938. The van der Waals surface area contributed by atoms with E-state index in [1.54, 1.807) is 12.1 Å². The van der Waals surface area contributed by atoms with Gasteiger partial charge in [0, 0.05) is 37.2 Å². The van der Waals surface area contributed by atoms with E-state index < -0.39 is 5.97 Å². The Morgan fingerprint density at radius 2 is 1.68 bits per heavy atom. The van der Waals surface area contributed by atoms with Crippen LogP contribution < -0.4 is 0 Å². The average Bonchev–Trinajstić information content (AvgIpc) is 3.67. The lowest BCUT2D eigenvalue weighted by molar-refractivity contribution is 0.0697. The molecule has 41 heavy (non-hydrogen) atoms. The third-order valence-corrected chi connectivity index (χ3v) is 7.97. The highest BCUT2D eigenvalue weighted by atomic mass is 16.4. The lowest BCUT2D eigenvalue weighted by atomic mass is 10.1. The minimum Gasteiger partial charge on any atom is -0.478 e. The van der Waals surface area contributed by atoms with Gasteiger partial charge in [0.25, 0.3) is 0 Å². The predicted molar refractivity (Wildman–Crippen MR) is 163 cm³/mol. The fourth-order valence-corrected chi connectivity index (χ4v) is 5.97. The van der Waals surface area contributed by atoms with Crippen molar-refractivity contribution in [2.24, 2.45) is 7.05 Å². The summed E-state index contributed by atoms with van der Waals surface area (Å²) < 4.78 is 6.41. The van der Waals surface area contributed by atoms with Crippen LogP contribution in [-0.2, 0) is 20.0 Å². The second-order valence-electron chi connectivity index (χ2n) is 10.5. The number of para-hydroxylation sites is 3. The Labute approximate surface area is 236 Å². The lowest BCUT2D eigenvalue weighted by Crippen LogP contribution is -2.05. The molecule has 0 fully saturated rings. The summed E-state index contributed by atoms with van der Waals surface area (Å²) in [5.74, 6) is 1.04. The monoisotopic (exact) mass is 539 g/mol. The van der Waals surface area contributed by atoms with E-state index in [4.69, 9.17) is 9.97 Å². The van der Waals surface area contributed by atoms with Crippen LogP contribution in [0.2, 0.25) is 0 Å². The van der Waals surface area contributed by atoms with Gasteiger partial charge in [0.15, 0.2) is 0 Å². The fourth-order valence-electron chi connectivity index (χ4n) is 5.97. The first-order valence-corrected chi connectivity index (χ1v) is 13.8. The number of carboxylic acids is 1. The molecule has 202 valence electrons. The maximum absolute atomic E-state index is 11.8. The van der Waals surface area contributed by atoms with Crippen LogP contribution in [0, 0.1) is 6.92 Å². The number of fused-ring (bicyclic) bond motifs is 3. The number of aromatic nitrogens is 5. The highest BCUT2D eigenvalue weighted by molar-refractivity contribution is 5.94. The summed E-state index contributed by atoms with van der Waals surface area (Å²) in [4.78, 5) is 21.8. The zero-order chi connectivity index (χ0) is 28.2. The molecule has 4 aromatic carbocycles. The first-order valence-electron chi connectivity index (χ1n) is 13.8. The number of hydrogen-bond acceptors (Lipinski definition) is 3. The van der Waals surface area contributed by atoms with Crippen LogP contribution in [0.4, 0.5) is 0 Å². The Kier molecular flexibility index (Phi) is 5.75. The van der Waals surface area contributed by atoms with E-state index in [1.165, 1.54) is 0 Å². The lowest BCUT2D eigenvalue weighted by Gasteiger charge is -2.12. The molecule has 0 saturated carbocycles. The van der Waals surface area contributed by atoms with Gasteiger partial charge in [-0.05, 0) is 72.6 Å². The SMILES string of the molecule is CCc1nc2c(C)cc(-c3nc4ccccc4n3C)cc2n1Cc1ccc2c(ccn2-c2ccccc2C(=O)O)c1. The molecule has 7 nitrogen and oxygen atoms in total. The molecule has 0 spiro atoms. The molecule has 0 aliphatic rings. The largest absolute Gasteiger partial charge is 0.478 e. The maximum atomic E-state index is 11.8. The standard InChI is InChI=1S/C34H29N5O2/c1-4-31-36-32-21(2)17-24(33-35-26-10-6-8-12-29(26)37(33)3)19-30(32)39(31)20-22-13-14-27-23(18-22)15-16-38(27)28-11-7-5-9-25(28)34(40)41/h5-19H,4,20H2,1-3H3,(H,40,41). The van der Waals surface area contributed by atoms with Gasteiger partial charge in [0.05, 0.1) is 38.8 Å². The van der Waals surface area contributed by atoms with Crippen LogP contribution in [0.15, 0.2) is 91.1 Å². The third-order valence-electron chi connectivity index (χ3n) is 7.97. The van der Waals surface area contributed by atoms with Crippen LogP contribution in [0.25, 0.3) is 50.0 Å². The van der Waals surface area contributed by atoms with Gasteiger partial charge < -0.3 is 18.8 Å². The number of imidazole rings is 2. The normalized spacial score (nSPS) is 11.7. The summed E-state index contributed by atoms with van der Waals surface area (Å²) in [7, 11) is 2.06. The average molecular weight is 540 g/mol. The number of benzene rings is 4. The van der Waals surface area contributed by atoms with Gasteiger partial charge >= 0.3 is 5.97 Å². The molecule has 7 aromatic rings. The van der Waals surface area contributed by atoms with E-state index in [0.29, 0.717) is 12.2 Å². The Morgan fingerprint density at radius 1 is 0.878 bits per heavy atom. The van der Waals surface area contributed by atoms with Gasteiger partial charge in [-0.2, -0.15) is 0 Å². The molecule has 0 radical (unpaired) electrons. The number of carbonyl (C=O) groups is 1. The van der Waals surface area contributed by atoms with Crippen molar-refractivity contribution in [1.82, 2.24) is 23.7 Å². The summed E-state index contributed by atoms with van der Waals surface area (Å²) >= 11 is 0. The Hall–Kier alpha value is -5.17. The highest BCUT2D eigenvalue weighted by Gasteiger charge is 2.18. The van der Waals surface area contributed by atoms with Gasteiger partial charge in [-0.25, -0.2) is 14.8 Å². The first-order chi connectivity index (χ1) is 19.9. The summed E-state index contributed by atoms with van der Waals surface area (Å²) in [6.45, 7) is 4.94. The van der Waals surface area contributed by atoms with Crippen LogP contribution in [0.5, 0.6) is 0 Å². The molecule has 1 N–H and O–H groups in total. The quantitative estimate of drug-likeness (QED) is 0.243. The summed E-state index contributed by atoms with van der Waals surface area (Å²) in [6.07, 6.45) is 2.76. The topological polar surface area (TPSA) is 77.9 Å². The molecular weight excluding hydrogens is 510 g/mol. The highest BCUT2D eigenvalue weighted by Crippen LogP contribution is 2.31. The molecule has 0 aliphatic carbocycles. The third kappa shape index (κ3) is 4.00.